The van der Waals surface area contributed by atoms with E-state index in [0.717, 1.165) is 6.42 Å². The number of rotatable bonds is 6. The highest BCUT2D eigenvalue weighted by atomic mass is 19.1. The molecule has 106 valence electrons. The van der Waals surface area contributed by atoms with Crippen LogP contribution in [0.3, 0.4) is 0 Å². The van der Waals surface area contributed by atoms with Crippen molar-refractivity contribution in [2.45, 2.75) is 38.8 Å². The molecule has 0 aliphatic heterocycles. The van der Waals surface area contributed by atoms with E-state index in [9.17, 15) is 14.3 Å². The van der Waals surface area contributed by atoms with Crippen LogP contribution in [0.5, 0.6) is 0 Å². The Labute approximate surface area is 113 Å². The van der Waals surface area contributed by atoms with Crippen molar-refractivity contribution in [3.05, 3.63) is 35.6 Å². The van der Waals surface area contributed by atoms with Gasteiger partial charge in [0.25, 0.3) is 0 Å². The van der Waals surface area contributed by atoms with Crippen LogP contribution in [0.2, 0.25) is 0 Å². The zero-order valence-electron chi connectivity index (χ0n) is 11.4. The summed E-state index contributed by atoms with van der Waals surface area (Å²) >= 11 is 0. The van der Waals surface area contributed by atoms with E-state index in [1.165, 1.54) is 12.1 Å². The molecule has 0 saturated heterocycles. The predicted octanol–water partition coefficient (Wildman–Crippen LogP) is 2.18. The molecule has 0 radical (unpaired) electrons. The molecule has 4 nitrogen and oxygen atoms in total. The number of benzene rings is 1. The van der Waals surface area contributed by atoms with Gasteiger partial charge in [0.05, 0.1) is 12.1 Å². The van der Waals surface area contributed by atoms with Crippen molar-refractivity contribution in [1.82, 2.24) is 10.6 Å². The van der Waals surface area contributed by atoms with Crippen LogP contribution in [-0.2, 0) is 6.54 Å². The minimum Gasteiger partial charge on any atom is -0.394 e. The maximum absolute atomic E-state index is 13.0. The second-order valence-corrected chi connectivity index (χ2v) is 4.91. The number of aliphatic hydroxyl groups is 1. The number of urea groups is 1. The topological polar surface area (TPSA) is 61.4 Å². The SMILES string of the molecule is CCCC(C)(CO)NC(=O)NCc1cccc(F)c1. The quantitative estimate of drug-likeness (QED) is 0.740. The van der Waals surface area contributed by atoms with E-state index in [1.807, 2.05) is 6.92 Å². The number of carbonyl (C=O) groups is 1. The number of carbonyl (C=O) groups excluding carboxylic acids is 1. The van der Waals surface area contributed by atoms with E-state index in [0.29, 0.717) is 12.0 Å². The lowest BCUT2D eigenvalue weighted by molar-refractivity contribution is 0.163. The van der Waals surface area contributed by atoms with E-state index in [2.05, 4.69) is 10.6 Å². The molecule has 0 aliphatic rings. The largest absolute Gasteiger partial charge is 0.394 e. The van der Waals surface area contributed by atoms with Gasteiger partial charge in [-0.25, -0.2) is 9.18 Å². The molecule has 0 bridgehead atoms. The van der Waals surface area contributed by atoms with Crippen molar-refractivity contribution >= 4 is 6.03 Å². The van der Waals surface area contributed by atoms with Gasteiger partial charge in [-0.1, -0.05) is 25.5 Å². The molecule has 2 amide bonds. The van der Waals surface area contributed by atoms with Crippen LogP contribution in [0.4, 0.5) is 9.18 Å². The molecule has 0 fully saturated rings. The van der Waals surface area contributed by atoms with Gasteiger partial charge >= 0.3 is 6.03 Å². The van der Waals surface area contributed by atoms with Gasteiger partial charge in [-0.2, -0.15) is 0 Å². The van der Waals surface area contributed by atoms with Gasteiger partial charge < -0.3 is 15.7 Å². The maximum Gasteiger partial charge on any atom is 0.315 e. The first-order valence-electron chi connectivity index (χ1n) is 6.40. The van der Waals surface area contributed by atoms with Gasteiger partial charge in [0.2, 0.25) is 0 Å². The molecule has 3 N–H and O–H groups in total. The highest BCUT2D eigenvalue weighted by molar-refractivity contribution is 5.74. The first kappa shape index (κ1) is 15.4. The summed E-state index contributed by atoms with van der Waals surface area (Å²) in [6.07, 6.45) is 1.55. The minimum atomic E-state index is -0.624. The third-order valence-corrected chi connectivity index (χ3v) is 2.91. The minimum absolute atomic E-state index is 0.117. The number of hydrogen-bond acceptors (Lipinski definition) is 2. The maximum atomic E-state index is 13.0. The number of nitrogens with one attached hydrogen (secondary N) is 2. The summed E-state index contributed by atoms with van der Waals surface area (Å²) in [6, 6.07) is 5.69. The van der Waals surface area contributed by atoms with E-state index in [-0.39, 0.29) is 25.0 Å². The van der Waals surface area contributed by atoms with Crippen LogP contribution in [0.15, 0.2) is 24.3 Å². The molecule has 5 heteroatoms. The predicted molar refractivity (Wildman–Crippen MR) is 72.2 cm³/mol. The molecule has 0 aromatic heterocycles. The Kier molecular flexibility index (Phi) is 5.76. The molecule has 0 aliphatic carbocycles. The van der Waals surface area contributed by atoms with Gasteiger partial charge in [0, 0.05) is 6.54 Å². The van der Waals surface area contributed by atoms with E-state index in [1.54, 1.807) is 19.1 Å². The summed E-state index contributed by atoms with van der Waals surface area (Å²) in [5.74, 6) is -0.328. The Morgan fingerprint density at radius 3 is 2.79 bits per heavy atom. The summed E-state index contributed by atoms with van der Waals surface area (Å²) in [5, 5.41) is 14.7. The van der Waals surface area contributed by atoms with Crippen LogP contribution in [0.25, 0.3) is 0 Å². The average Bonchev–Trinajstić information content (AvgIpc) is 2.37. The first-order chi connectivity index (χ1) is 8.99. The van der Waals surface area contributed by atoms with Crippen molar-refractivity contribution in [3.8, 4) is 0 Å². The fourth-order valence-electron chi connectivity index (χ4n) is 1.88. The number of amides is 2. The van der Waals surface area contributed by atoms with Crippen LogP contribution in [0.1, 0.15) is 32.3 Å². The smallest absolute Gasteiger partial charge is 0.315 e. The van der Waals surface area contributed by atoms with Gasteiger partial charge in [0.1, 0.15) is 5.82 Å². The molecule has 1 aromatic carbocycles. The van der Waals surface area contributed by atoms with Gasteiger partial charge in [-0.15, -0.1) is 0 Å². The second-order valence-electron chi connectivity index (χ2n) is 4.91. The normalized spacial score (nSPS) is 13.7. The standard InChI is InChI=1S/C14H21FN2O2/c1-3-7-14(2,10-18)17-13(19)16-9-11-5-4-6-12(15)8-11/h4-6,8,18H,3,7,9-10H2,1-2H3,(H2,16,17,19). The third-order valence-electron chi connectivity index (χ3n) is 2.91. The van der Waals surface area contributed by atoms with Crippen LogP contribution in [0, 0.1) is 5.82 Å². The van der Waals surface area contributed by atoms with Gasteiger partial charge in [-0.05, 0) is 31.0 Å². The molecule has 1 aromatic rings. The Morgan fingerprint density at radius 1 is 1.47 bits per heavy atom. The molecule has 0 saturated carbocycles. The lowest BCUT2D eigenvalue weighted by Gasteiger charge is -2.28. The third kappa shape index (κ3) is 5.26. The summed E-state index contributed by atoms with van der Waals surface area (Å²) in [7, 11) is 0. The average molecular weight is 268 g/mol. The van der Waals surface area contributed by atoms with Crippen LogP contribution in [-0.4, -0.2) is 23.3 Å². The fourth-order valence-corrected chi connectivity index (χ4v) is 1.88. The molecule has 1 rings (SSSR count). The highest BCUT2D eigenvalue weighted by Crippen LogP contribution is 2.11. The van der Waals surface area contributed by atoms with E-state index >= 15 is 0 Å². The number of aliphatic hydroxyl groups excluding tert-OH is 1. The Morgan fingerprint density at radius 2 is 2.21 bits per heavy atom. The van der Waals surface area contributed by atoms with Crippen molar-refractivity contribution < 1.29 is 14.3 Å². The van der Waals surface area contributed by atoms with E-state index < -0.39 is 5.54 Å². The Hall–Kier alpha value is -1.62. The van der Waals surface area contributed by atoms with Crippen molar-refractivity contribution in [3.63, 3.8) is 0 Å². The van der Waals surface area contributed by atoms with Crippen molar-refractivity contribution in [2.75, 3.05) is 6.61 Å². The number of hydrogen-bond donors (Lipinski definition) is 3. The summed E-state index contributed by atoms with van der Waals surface area (Å²) in [6.45, 7) is 3.91. The first-order valence-corrected chi connectivity index (χ1v) is 6.40. The summed E-state index contributed by atoms with van der Waals surface area (Å²) in [4.78, 5) is 11.7. The monoisotopic (exact) mass is 268 g/mol. The molecule has 1 atom stereocenters. The molecule has 0 heterocycles. The van der Waals surface area contributed by atoms with Crippen LogP contribution < -0.4 is 10.6 Å². The van der Waals surface area contributed by atoms with Crippen LogP contribution >= 0.6 is 0 Å². The molecule has 1 unspecified atom stereocenters. The lowest BCUT2D eigenvalue weighted by Crippen LogP contribution is -2.52. The van der Waals surface area contributed by atoms with Crippen molar-refractivity contribution in [1.29, 1.82) is 0 Å². The molecule has 0 spiro atoms. The van der Waals surface area contributed by atoms with E-state index in [4.69, 9.17) is 0 Å². The number of halogens is 1. The Bertz CT molecular complexity index is 426. The Balaban J connectivity index is 2.47. The molecule has 19 heavy (non-hydrogen) atoms. The zero-order chi connectivity index (χ0) is 14.3. The van der Waals surface area contributed by atoms with Gasteiger partial charge in [0.15, 0.2) is 0 Å². The second kappa shape index (κ2) is 7.09. The molecular formula is C14H21FN2O2. The zero-order valence-corrected chi connectivity index (χ0v) is 11.4. The molecular weight excluding hydrogens is 247 g/mol. The highest BCUT2D eigenvalue weighted by Gasteiger charge is 2.24. The summed E-state index contributed by atoms with van der Waals surface area (Å²) < 4.78 is 13.0. The van der Waals surface area contributed by atoms with Crippen molar-refractivity contribution in [2.24, 2.45) is 0 Å². The lowest BCUT2D eigenvalue weighted by atomic mass is 9.98. The fraction of sp³-hybridized carbons (Fsp3) is 0.500. The summed E-state index contributed by atoms with van der Waals surface area (Å²) in [5.41, 5.74) is 0.0668. The van der Waals surface area contributed by atoms with Gasteiger partial charge in [-0.3, -0.25) is 0 Å².